The number of rotatable bonds is 9. The van der Waals surface area contributed by atoms with Gasteiger partial charge in [0.05, 0.1) is 29.0 Å². The Bertz CT molecular complexity index is 1880. The minimum Gasteiger partial charge on any atom is -0.458 e. The fraction of sp³-hybridized carbons (Fsp3) is 0.471. The number of carbonyl (C=O) groups is 4. The van der Waals surface area contributed by atoms with E-state index >= 15 is 0 Å². The summed E-state index contributed by atoms with van der Waals surface area (Å²) in [6, 6.07) is 9.36. The number of carbonyl (C=O) groups excluding carboxylic acids is 4. The van der Waals surface area contributed by atoms with Crippen LogP contribution >= 0.6 is 11.6 Å². The summed E-state index contributed by atoms with van der Waals surface area (Å²) in [5, 5.41) is 3.09. The van der Waals surface area contributed by atoms with Gasteiger partial charge in [-0.15, -0.1) is 11.6 Å². The molecule has 1 N–H and O–H groups in total. The molecule has 2 aliphatic heterocycles. The lowest BCUT2D eigenvalue weighted by Crippen LogP contribution is -2.54. The summed E-state index contributed by atoms with van der Waals surface area (Å²) in [6.45, 7) is 11.8. The number of esters is 3. The van der Waals surface area contributed by atoms with Crippen molar-refractivity contribution in [1.82, 2.24) is 14.9 Å². The molecule has 1 aromatic carbocycles. The molecule has 3 aromatic rings. The number of nitrogens with one attached hydrogen (secondary N) is 1. The second kappa shape index (κ2) is 13.0. The molecule has 4 heterocycles. The summed E-state index contributed by atoms with van der Waals surface area (Å²) < 4.78 is 24.1. The highest BCUT2D eigenvalue weighted by Crippen LogP contribution is 2.47. The SMILES string of the molecule is CCC1(OC(=O)CNC(=O)OC(C)(C)C)C(=O)OC([Si](C)(C)CCCCl)c2c1cc1n(c2=O)Cc2cc3cc(OC(C)=O)ccc3nc2-1. The van der Waals surface area contributed by atoms with Gasteiger partial charge in [0.2, 0.25) is 5.60 Å². The molecule has 0 bridgehead atoms. The highest BCUT2D eigenvalue weighted by atomic mass is 35.5. The van der Waals surface area contributed by atoms with E-state index in [1.54, 1.807) is 56.5 Å². The normalized spacial score (nSPS) is 18.3. The van der Waals surface area contributed by atoms with Crippen LogP contribution in [0.2, 0.25) is 19.1 Å². The first-order valence-electron chi connectivity index (χ1n) is 15.9. The zero-order valence-corrected chi connectivity index (χ0v) is 29.9. The monoisotopic (exact) mass is 697 g/mol. The number of halogens is 1. The molecule has 14 heteroatoms. The number of cyclic esters (lactones) is 1. The Morgan fingerprint density at radius 3 is 2.54 bits per heavy atom. The number of fused-ring (bicyclic) bond motifs is 5. The number of benzene rings is 1. The largest absolute Gasteiger partial charge is 0.458 e. The smallest absolute Gasteiger partial charge is 0.408 e. The van der Waals surface area contributed by atoms with Gasteiger partial charge in [0.1, 0.15) is 31.7 Å². The van der Waals surface area contributed by atoms with Crippen LogP contribution in [0, 0.1) is 0 Å². The second-order valence-corrected chi connectivity index (χ2v) is 19.1. The van der Waals surface area contributed by atoms with E-state index in [0.717, 1.165) is 10.9 Å². The quantitative estimate of drug-likeness (QED) is 0.0781. The maximum Gasteiger partial charge on any atom is 0.408 e. The Morgan fingerprint density at radius 1 is 1.17 bits per heavy atom. The fourth-order valence-corrected chi connectivity index (χ4v) is 9.51. The fourth-order valence-electron chi connectivity index (χ4n) is 6.31. The van der Waals surface area contributed by atoms with Crippen molar-refractivity contribution in [2.24, 2.45) is 0 Å². The molecular weight excluding hydrogens is 658 g/mol. The Labute approximate surface area is 284 Å². The first kappa shape index (κ1) is 35.1. The number of amides is 1. The van der Waals surface area contributed by atoms with Gasteiger partial charge in [0, 0.05) is 29.3 Å². The minimum atomic E-state index is -2.50. The predicted molar refractivity (Wildman–Crippen MR) is 181 cm³/mol. The van der Waals surface area contributed by atoms with Crippen molar-refractivity contribution in [2.45, 2.75) is 90.1 Å². The van der Waals surface area contributed by atoms with Crippen LogP contribution in [0.15, 0.2) is 35.1 Å². The molecule has 0 spiro atoms. The van der Waals surface area contributed by atoms with E-state index in [4.69, 9.17) is 35.5 Å². The molecule has 0 aliphatic carbocycles. The number of nitrogens with zero attached hydrogens (tertiary/aromatic N) is 2. The molecular formula is C34H40ClN3O9Si. The number of pyridine rings is 2. The van der Waals surface area contributed by atoms with Crippen LogP contribution in [0.1, 0.15) is 69.9 Å². The van der Waals surface area contributed by atoms with Gasteiger partial charge >= 0.3 is 24.0 Å². The number of hydrogen-bond donors (Lipinski definition) is 1. The Balaban J connectivity index is 1.63. The Hall–Kier alpha value is -4.23. The van der Waals surface area contributed by atoms with Crippen molar-refractivity contribution >= 4 is 54.6 Å². The summed E-state index contributed by atoms with van der Waals surface area (Å²) in [6.07, 6.45) is -0.180. The van der Waals surface area contributed by atoms with Crippen LogP contribution in [0.5, 0.6) is 5.75 Å². The molecule has 12 nitrogen and oxygen atoms in total. The third-order valence-electron chi connectivity index (χ3n) is 8.51. The van der Waals surface area contributed by atoms with Crippen molar-refractivity contribution < 1.29 is 38.1 Å². The summed E-state index contributed by atoms with van der Waals surface area (Å²) in [7, 11) is -2.50. The number of alkyl halides is 1. The molecule has 5 rings (SSSR count). The van der Waals surface area contributed by atoms with Gasteiger partial charge in [-0.2, -0.15) is 0 Å². The molecule has 0 saturated carbocycles. The molecule has 256 valence electrons. The van der Waals surface area contributed by atoms with Crippen LogP contribution in [-0.4, -0.2) is 59.7 Å². The first-order chi connectivity index (χ1) is 22.5. The van der Waals surface area contributed by atoms with Gasteiger partial charge in [-0.1, -0.05) is 26.1 Å². The van der Waals surface area contributed by atoms with Crippen molar-refractivity contribution in [1.29, 1.82) is 0 Å². The van der Waals surface area contributed by atoms with Gasteiger partial charge in [-0.25, -0.2) is 14.6 Å². The standard InChI is InChI=1S/C34H40ClN3O9Si/c1-8-34(46-26(40)17-36-32(43)47-33(3,4)5)23-16-25-28-21(14-20-15-22(44-19(2)39)10-11-24(20)37-28)18-38(25)29(41)27(23)30(45-31(34)42)48(6,7)13-9-12-35/h10-11,14-16,30H,8-9,12-13,17-18H2,1-7H3,(H,36,43). The van der Waals surface area contributed by atoms with Crippen molar-refractivity contribution in [3.8, 4) is 17.1 Å². The lowest BCUT2D eigenvalue weighted by atomic mass is 9.85. The van der Waals surface area contributed by atoms with Gasteiger partial charge in [0.15, 0.2) is 0 Å². The van der Waals surface area contributed by atoms with Crippen LogP contribution in [0.25, 0.3) is 22.3 Å². The second-order valence-electron chi connectivity index (χ2n) is 13.8. The topological polar surface area (TPSA) is 152 Å². The van der Waals surface area contributed by atoms with Gasteiger partial charge in [-0.05, 0) is 63.9 Å². The van der Waals surface area contributed by atoms with Crippen molar-refractivity contribution in [3.63, 3.8) is 0 Å². The molecule has 48 heavy (non-hydrogen) atoms. The van der Waals surface area contributed by atoms with Crippen LogP contribution in [0.3, 0.4) is 0 Å². The lowest BCUT2D eigenvalue weighted by molar-refractivity contribution is -0.190. The molecule has 2 aliphatic rings. The Morgan fingerprint density at radius 2 is 1.90 bits per heavy atom. The first-order valence-corrected chi connectivity index (χ1v) is 19.7. The summed E-state index contributed by atoms with van der Waals surface area (Å²) in [4.78, 5) is 70.5. The highest BCUT2D eigenvalue weighted by molar-refractivity contribution is 6.78. The lowest BCUT2D eigenvalue weighted by Gasteiger charge is -2.43. The van der Waals surface area contributed by atoms with Gasteiger partial charge in [-0.3, -0.25) is 14.4 Å². The van der Waals surface area contributed by atoms with E-state index in [2.05, 4.69) is 5.32 Å². The molecule has 1 amide bonds. The van der Waals surface area contributed by atoms with Crippen LogP contribution in [0.4, 0.5) is 4.79 Å². The molecule has 0 saturated heterocycles. The molecule has 2 aromatic heterocycles. The summed E-state index contributed by atoms with van der Waals surface area (Å²) in [5.74, 6) is -1.35. The molecule has 0 fully saturated rings. The highest BCUT2D eigenvalue weighted by Gasteiger charge is 2.56. The number of alkyl carbamates (subject to hydrolysis) is 1. The zero-order chi connectivity index (χ0) is 35.2. The summed E-state index contributed by atoms with van der Waals surface area (Å²) in [5.41, 5.74) is -1.04. The van der Waals surface area contributed by atoms with E-state index < -0.39 is 55.5 Å². The summed E-state index contributed by atoms with van der Waals surface area (Å²) >= 11 is 6.05. The number of aromatic nitrogens is 2. The van der Waals surface area contributed by atoms with E-state index in [1.807, 2.05) is 19.2 Å². The minimum absolute atomic E-state index is 0.0345. The van der Waals surface area contributed by atoms with E-state index in [9.17, 15) is 24.0 Å². The zero-order valence-electron chi connectivity index (χ0n) is 28.2. The van der Waals surface area contributed by atoms with Crippen LogP contribution in [-0.2, 0) is 40.7 Å². The maximum atomic E-state index is 14.6. The third-order valence-corrected chi connectivity index (χ3v) is 12.2. The molecule has 2 unspecified atom stereocenters. The predicted octanol–water partition coefficient (Wildman–Crippen LogP) is 5.50. The van der Waals surface area contributed by atoms with Gasteiger partial charge < -0.3 is 28.8 Å². The van der Waals surface area contributed by atoms with E-state index in [1.165, 1.54) is 6.92 Å². The molecule has 0 radical (unpaired) electrons. The van der Waals surface area contributed by atoms with Crippen molar-refractivity contribution in [3.05, 3.63) is 57.4 Å². The van der Waals surface area contributed by atoms with Gasteiger partial charge in [0.25, 0.3) is 5.56 Å². The van der Waals surface area contributed by atoms with Crippen molar-refractivity contribution in [2.75, 3.05) is 12.4 Å². The van der Waals surface area contributed by atoms with E-state index in [-0.39, 0.29) is 29.7 Å². The average molecular weight is 698 g/mol. The van der Waals surface area contributed by atoms with E-state index in [0.29, 0.717) is 41.0 Å². The molecule has 2 atom stereocenters. The Kier molecular flexibility index (Phi) is 9.50. The maximum absolute atomic E-state index is 14.6. The third kappa shape index (κ3) is 6.70. The van der Waals surface area contributed by atoms with Crippen LogP contribution < -0.4 is 15.6 Å². The number of ether oxygens (including phenoxy) is 4. The number of hydrogen-bond acceptors (Lipinski definition) is 10. The average Bonchev–Trinajstić information content (AvgIpc) is 3.35.